The molecule has 0 aliphatic heterocycles. The van der Waals surface area contributed by atoms with Crippen molar-refractivity contribution >= 4 is 0 Å². The summed E-state index contributed by atoms with van der Waals surface area (Å²) in [6, 6.07) is 0.0601. The SMILES string of the molecule is CCC(N)Cc1cn(CC(F)F)cn1. The van der Waals surface area contributed by atoms with Gasteiger partial charge in [0.25, 0.3) is 6.43 Å². The normalized spacial score (nSPS) is 13.5. The van der Waals surface area contributed by atoms with Gasteiger partial charge in [-0.05, 0) is 6.42 Å². The molecule has 0 spiro atoms. The maximum absolute atomic E-state index is 12.0. The van der Waals surface area contributed by atoms with E-state index in [9.17, 15) is 8.78 Å². The fourth-order valence-corrected chi connectivity index (χ4v) is 1.18. The van der Waals surface area contributed by atoms with Gasteiger partial charge in [-0.25, -0.2) is 13.8 Å². The van der Waals surface area contributed by atoms with Crippen LogP contribution in [-0.4, -0.2) is 22.0 Å². The van der Waals surface area contributed by atoms with Crippen LogP contribution in [0.2, 0.25) is 0 Å². The van der Waals surface area contributed by atoms with E-state index >= 15 is 0 Å². The minimum absolute atomic E-state index is 0.0601. The fraction of sp³-hybridized carbons (Fsp3) is 0.667. The van der Waals surface area contributed by atoms with Crippen molar-refractivity contribution < 1.29 is 8.78 Å². The summed E-state index contributed by atoms with van der Waals surface area (Å²) < 4.78 is 25.4. The first-order valence-corrected chi connectivity index (χ1v) is 4.66. The number of halogens is 2. The molecule has 1 atom stereocenters. The molecule has 0 radical (unpaired) electrons. The molecular formula is C9H15F2N3. The van der Waals surface area contributed by atoms with E-state index in [0.29, 0.717) is 6.42 Å². The summed E-state index contributed by atoms with van der Waals surface area (Å²) >= 11 is 0. The predicted octanol–water partition coefficient (Wildman–Crippen LogP) is 1.43. The van der Waals surface area contributed by atoms with Crippen LogP contribution in [0.25, 0.3) is 0 Å². The topological polar surface area (TPSA) is 43.8 Å². The zero-order valence-electron chi connectivity index (χ0n) is 8.16. The Balaban J connectivity index is 2.50. The monoisotopic (exact) mass is 203 g/mol. The summed E-state index contributed by atoms with van der Waals surface area (Å²) in [4.78, 5) is 4.01. The second-order valence-electron chi connectivity index (χ2n) is 3.33. The highest BCUT2D eigenvalue weighted by atomic mass is 19.3. The van der Waals surface area contributed by atoms with Gasteiger partial charge in [-0.2, -0.15) is 0 Å². The van der Waals surface area contributed by atoms with E-state index < -0.39 is 6.43 Å². The Bertz CT molecular complexity index is 273. The summed E-state index contributed by atoms with van der Waals surface area (Å²) in [6.45, 7) is 1.69. The van der Waals surface area contributed by atoms with Crippen molar-refractivity contribution in [1.82, 2.24) is 9.55 Å². The Labute approximate surface area is 81.9 Å². The third kappa shape index (κ3) is 3.41. The van der Waals surface area contributed by atoms with Crippen LogP contribution in [0.15, 0.2) is 12.5 Å². The van der Waals surface area contributed by atoms with E-state index in [-0.39, 0.29) is 12.6 Å². The van der Waals surface area contributed by atoms with Crippen LogP contribution in [0.1, 0.15) is 19.0 Å². The molecule has 1 heterocycles. The van der Waals surface area contributed by atoms with Crippen molar-refractivity contribution in [3.8, 4) is 0 Å². The lowest BCUT2D eigenvalue weighted by molar-refractivity contribution is 0.126. The molecule has 5 heteroatoms. The third-order valence-corrected chi connectivity index (χ3v) is 2.03. The van der Waals surface area contributed by atoms with E-state index in [1.54, 1.807) is 6.20 Å². The van der Waals surface area contributed by atoms with Crippen molar-refractivity contribution in [2.75, 3.05) is 0 Å². The molecule has 1 aromatic heterocycles. The molecule has 2 N–H and O–H groups in total. The van der Waals surface area contributed by atoms with Gasteiger partial charge >= 0.3 is 0 Å². The smallest absolute Gasteiger partial charge is 0.256 e. The molecule has 0 bridgehead atoms. The Hall–Kier alpha value is -0.970. The molecule has 0 saturated heterocycles. The standard InChI is InChI=1S/C9H15F2N3/c1-2-7(12)3-8-4-14(6-13-8)5-9(10)11/h4,6-7,9H,2-3,5,12H2,1H3. The van der Waals surface area contributed by atoms with Crippen LogP contribution in [0.4, 0.5) is 8.78 Å². The first-order chi connectivity index (χ1) is 6.61. The number of alkyl halides is 2. The predicted molar refractivity (Wildman–Crippen MR) is 50.2 cm³/mol. The van der Waals surface area contributed by atoms with Crippen molar-refractivity contribution in [2.45, 2.75) is 38.8 Å². The van der Waals surface area contributed by atoms with Crippen molar-refractivity contribution in [1.29, 1.82) is 0 Å². The molecule has 1 rings (SSSR count). The number of aromatic nitrogens is 2. The molecule has 3 nitrogen and oxygen atoms in total. The van der Waals surface area contributed by atoms with Crippen LogP contribution in [0, 0.1) is 0 Å². The largest absolute Gasteiger partial charge is 0.331 e. The van der Waals surface area contributed by atoms with Gasteiger partial charge in [0.15, 0.2) is 0 Å². The molecule has 0 aliphatic rings. The molecule has 0 fully saturated rings. The zero-order chi connectivity index (χ0) is 10.6. The first-order valence-electron chi connectivity index (χ1n) is 4.66. The van der Waals surface area contributed by atoms with Crippen LogP contribution in [0.3, 0.4) is 0 Å². The average molecular weight is 203 g/mol. The van der Waals surface area contributed by atoms with Gasteiger partial charge in [-0.1, -0.05) is 6.92 Å². The minimum Gasteiger partial charge on any atom is -0.331 e. The minimum atomic E-state index is -2.34. The van der Waals surface area contributed by atoms with Gasteiger partial charge in [0, 0.05) is 18.7 Å². The second kappa shape index (κ2) is 5.05. The van der Waals surface area contributed by atoms with Crippen LogP contribution < -0.4 is 5.73 Å². The molecule has 1 unspecified atom stereocenters. The lowest BCUT2D eigenvalue weighted by atomic mass is 10.1. The summed E-state index contributed by atoms with van der Waals surface area (Å²) in [7, 11) is 0. The average Bonchev–Trinajstić information content (AvgIpc) is 2.51. The Morgan fingerprint density at radius 1 is 1.57 bits per heavy atom. The van der Waals surface area contributed by atoms with E-state index in [1.165, 1.54) is 10.9 Å². The van der Waals surface area contributed by atoms with Gasteiger partial charge in [-0.3, -0.25) is 0 Å². The molecule has 0 aromatic carbocycles. The number of rotatable bonds is 5. The number of hydrogen-bond donors (Lipinski definition) is 1. The van der Waals surface area contributed by atoms with E-state index in [2.05, 4.69) is 4.98 Å². The van der Waals surface area contributed by atoms with Crippen LogP contribution in [-0.2, 0) is 13.0 Å². The highest BCUT2D eigenvalue weighted by Crippen LogP contribution is 2.04. The maximum Gasteiger partial charge on any atom is 0.256 e. The molecule has 0 amide bonds. The van der Waals surface area contributed by atoms with Crippen molar-refractivity contribution in [3.05, 3.63) is 18.2 Å². The number of nitrogens with two attached hydrogens (primary N) is 1. The molecular weight excluding hydrogens is 188 g/mol. The van der Waals surface area contributed by atoms with Gasteiger partial charge < -0.3 is 10.3 Å². The molecule has 14 heavy (non-hydrogen) atoms. The van der Waals surface area contributed by atoms with Gasteiger partial charge in [0.05, 0.1) is 18.6 Å². The second-order valence-corrected chi connectivity index (χ2v) is 3.33. The first kappa shape index (κ1) is 11.1. The summed E-state index contributed by atoms with van der Waals surface area (Å²) in [5, 5.41) is 0. The Kier molecular flexibility index (Phi) is 4.00. The lowest BCUT2D eigenvalue weighted by Crippen LogP contribution is -2.21. The quantitative estimate of drug-likeness (QED) is 0.786. The van der Waals surface area contributed by atoms with E-state index in [0.717, 1.165) is 12.1 Å². The molecule has 1 aromatic rings. The van der Waals surface area contributed by atoms with Crippen molar-refractivity contribution in [2.24, 2.45) is 5.73 Å². The Morgan fingerprint density at radius 2 is 2.29 bits per heavy atom. The van der Waals surface area contributed by atoms with Crippen LogP contribution in [0.5, 0.6) is 0 Å². The van der Waals surface area contributed by atoms with E-state index in [1.807, 2.05) is 6.92 Å². The Morgan fingerprint density at radius 3 is 2.86 bits per heavy atom. The summed E-state index contributed by atoms with van der Waals surface area (Å²) in [5.74, 6) is 0. The molecule has 0 saturated carbocycles. The zero-order valence-corrected chi connectivity index (χ0v) is 8.16. The highest BCUT2D eigenvalue weighted by molar-refractivity contribution is 4.99. The van der Waals surface area contributed by atoms with E-state index in [4.69, 9.17) is 5.73 Å². The van der Waals surface area contributed by atoms with Gasteiger partial charge in [0.1, 0.15) is 0 Å². The summed E-state index contributed by atoms with van der Waals surface area (Å²) in [5.41, 5.74) is 6.50. The van der Waals surface area contributed by atoms with Crippen LogP contribution >= 0.6 is 0 Å². The van der Waals surface area contributed by atoms with Crippen molar-refractivity contribution in [3.63, 3.8) is 0 Å². The highest BCUT2D eigenvalue weighted by Gasteiger charge is 2.07. The van der Waals surface area contributed by atoms with Gasteiger partial charge in [0.2, 0.25) is 0 Å². The maximum atomic E-state index is 12.0. The molecule has 80 valence electrons. The number of nitrogens with zero attached hydrogens (tertiary/aromatic N) is 2. The fourth-order valence-electron chi connectivity index (χ4n) is 1.18. The lowest BCUT2D eigenvalue weighted by Gasteiger charge is -2.04. The number of hydrogen-bond acceptors (Lipinski definition) is 2. The number of imidazole rings is 1. The third-order valence-electron chi connectivity index (χ3n) is 2.03. The molecule has 0 aliphatic carbocycles. The summed E-state index contributed by atoms with van der Waals surface area (Å²) in [6.07, 6.45) is 2.22. The van der Waals surface area contributed by atoms with Gasteiger partial charge in [-0.15, -0.1) is 0 Å².